The van der Waals surface area contributed by atoms with Crippen LogP contribution in [0.5, 0.6) is 11.5 Å². The van der Waals surface area contributed by atoms with Crippen molar-refractivity contribution in [3.05, 3.63) is 17.7 Å². The van der Waals surface area contributed by atoms with E-state index in [-0.39, 0.29) is 18.6 Å². The van der Waals surface area contributed by atoms with E-state index in [2.05, 4.69) is 26.1 Å². The van der Waals surface area contributed by atoms with E-state index < -0.39 is 0 Å². The third kappa shape index (κ3) is 5.13. The molecular weight excluding hydrogens is 330 g/mol. The molecule has 0 spiro atoms. The third-order valence-corrected chi connectivity index (χ3v) is 5.39. The zero-order valence-corrected chi connectivity index (χ0v) is 16.9. The molecule has 1 amide bonds. The highest BCUT2D eigenvalue weighted by Crippen LogP contribution is 2.35. The lowest BCUT2D eigenvalue weighted by Crippen LogP contribution is -2.36. The lowest BCUT2D eigenvalue weighted by atomic mass is 9.75. The molecule has 1 aliphatic rings. The Kier molecular flexibility index (Phi) is 7.33. The molecule has 0 saturated heterocycles. The van der Waals surface area contributed by atoms with Crippen molar-refractivity contribution in [2.75, 3.05) is 26.1 Å². The Balaban J connectivity index is 1.98. The number of ether oxygens (including phenoxy) is 3. The molecule has 0 radical (unpaired) electrons. The summed E-state index contributed by atoms with van der Waals surface area (Å²) in [5.74, 6) is 2.86. The molecule has 1 aliphatic carbocycles. The van der Waals surface area contributed by atoms with Crippen LogP contribution < -0.4 is 14.8 Å². The van der Waals surface area contributed by atoms with E-state index in [1.54, 1.807) is 20.3 Å². The van der Waals surface area contributed by atoms with Crippen LogP contribution in [0.15, 0.2) is 12.1 Å². The Morgan fingerprint density at radius 3 is 2.46 bits per heavy atom. The highest BCUT2D eigenvalue weighted by Gasteiger charge is 2.31. The molecule has 5 heteroatoms. The number of nitrogens with one attached hydrogen (secondary N) is 1. The van der Waals surface area contributed by atoms with Crippen molar-refractivity contribution in [1.29, 1.82) is 0 Å². The maximum atomic E-state index is 12.4. The van der Waals surface area contributed by atoms with E-state index >= 15 is 0 Å². The molecule has 2 rings (SSSR count). The molecule has 3 atom stereocenters. The van der Waals surface area contributed by atoms with Gasteiger partial charge in [-0.05, 0) is 49.1 Å². The fourth-order valence-corrected chi connectivity index (χ4v) is 3.79. The molecule has 0 aromatic heterocycles. The number of anilines is 1. The molecule has 146 valence electrons. The van der Waals surface area contributed by atoms with Gasteiger partial charge in [0.25, 0.3) is 0 Å². The number of methoxy groups -OCH3 is 2. The van der Waals surface area contributed by atoms with Crippen LogP contribution in [0.25, 0.3) is 0 Å². The minimum atomic E-state index is -0.138. The number of benzene rings is 1. The van der Waals surface area contributed by atoms with Gasteiger partial charge in [-0.1, -0.05) is 27.2 Å². The van der Waals surface area contributed by atoms with Crippen molar-refractivity contribution in [2.45, 2.75) is 53.1 Å². The van der Waals surface area contributed by atoms with Crippen LogP contribution in [0.3, 0.4) is 0 Å². The van der Waals surface area contributed by atoms with E-state index in [4.69, 9.17) is 14.2 Å². The van der Waals surface area contributed by atoms with Crippen molar-refractivity contribution < 1.29 is 19.0 Å². The Morgan fingerprint density at radius 1 is 1.19 bits per heavy atom. The molecule has 0 heterocycles. The average molecular weight is 363 g/mol. The van der Waals surface area contributed by atoms with E-state index in [9.17, 15) is 4.79 Å². The van der Waals surface area contributed by atoms with Gasteiger partial charge < -0.3 is 19.5 Å². The van der Waals surface area contributed by atoms with Gasteiger partial charge in [-0.15, -0.1) is 0 Å². The number of amides is 1. The first-order valence-electron chi connectivity index (χ1n) is 9.49. The van der Waals surface area contributed by atoms with Gasteiger partial charge in [0.1, 0.15) is 6.61 Å². The van der Waals surface area contributed by atoms with E-state index in [1.165, 1.54) is 12.8 Å². The summed E-state index contributed by atoms with van der Waals surface area (Å²) in [7, 11) is 3.18. The van der Waals surface area contributed by atoms with Crippen molar-refractivity contribution in [2.24, 2.45) is 17.8 Å². The Bertz CT molecular complexity index is 614. The molecule has 26 heavy (non-hydrogen) atoms. The number of carbonyl (C=O) groups excluding carboxylic acids is 1. The quantitative estimate of drug-likeness (QED) is 0.779. The van der Waals surface area contributed by atoms with Crippen molar-refractivity contribution in [3.63, 3.8) is 0 Å². The smallest absolute Gasteiger partial charge is 0.250 e. The van der Waals surface area contributed by atoms with E-state index in [0.717, 1.165) is 12.0 Å². The average Bonchev–Trinajstić information content (AvgIpc) is 2.61. The first-order chi connectivity index (χ1) is 12.3. The van der Waals surface area contributed by atoms with Crippen molar-refractivity contribution in [3.8, 4) is 11.5 Å². The van der Waals surface area contributed by atoms with Gasteiger partial charge in [0.05, 0.1) is 20.3 Å². The highest BCUT2D eigenvalue weighted by molar-refractivity contribution is 5.92. The number of hydrogen-bond donors (Lipinski definition) is 1. The third-order valence-electron chi connectivity index (χ3n) is 5.39. The molecule has 5 nitrogen and oxygen atoms in total. The minimum absolute atomic E-state index is 0.0778. The number of carbonyl (C=O) groups is 1. The Hall–Kier alpha value is -1.75. The fraction of sp³-hybridized carbons (Fsp3) is 0.667. The Morgan fingerprint density at radius 2 is 1.85 bits per heavy atom. The van der Waals surface area contributed by atoms with Gasteiger partial charge in [-0.2, -0.15) is 0 Å². The number of aryl methyl sites for hydroxylation is 1. The zero-order valence-electron chi connectivity index (χ0n) is 16.9. The van der Waals surface area contributed by atoms with Crippen molar-refractivity contribution >= 4 is 11.6 Å². The lowest BCUT2D eigenvalue weighted by Gasteiger charge is -2.37. The molecule has 0 bridgehead atoms. The second-order valence-corrected chi connectivity index (χ2v) is 7.75. The first-order valence-corrected chi connectivity index (χ1v) is 9.49. The summed E-state index contributed by atoms with van der Waals surface area (Å²) in [5, 5.41) is 2.93. The first kappa shape index (κ1) is 20.6. The van der Waals surface area contributed by atoms with Gasteiger partial charge in [0.15, 0.2) is 11.5 Å². The zero-order chi connectivity index (χ0) is 19.3. The second-order valence-electron chi connectivity index (χ2n) is 7.75. The summed E-state index contributed by atoms with van der Waals surface area (Å²) in [6.07, 6.45) is 3.63. The van der Waals surface area contributed by atoms with E-state index in [0.29, 0.717) is 34.9 Å². The van der Waals surface area contributed by atoms with Crippen LogP contribution in [0.1, 0.15) is 45.6 Å². The Labute approximate surface area is 157 Å². The predicted octanol–water partition coefficient (Wildman–Crippen LogP) is 4.43. The second kappa shape index (κ2) is 9.26. The highest BCUT2D eigenvalue weighted by atomic mass is 16.5. The summed E-state index contributed by atoms with van der Waals surface area (Å²) in [5.41, 5.74) is 1.64. The van der Waals surface area contributed by atoms with Crippen molar-refractivity contribution in [1.82, 2.24) is 0 Å². The molecule has 0 unspecified atom stereocenters. The number of hydrogen-bond acceptors (Lipinski definition) is 4. The summed E-state index contributed by atoms with van der Waals surface area (Å²) in [6, 6.07) is 3.64. The van der Waals surface area contributed by atoms with Gasteiger partial charge in [-0.25, -0.2) is 0 Å². The molecular formula is C21H33NO4. The summed E-state index contributed by atoms with van der Waals surface area (Å²) in [6.45, 7) is 8.75. The topological polar surface area (TPSA) is 56.8 Å². The summed E-state index contributed by atoms with van der Waals surface area (Å²) >= 11 is 0. The van der Waals surface area contributed by atoms with Crippen LogP contribution in [0.2, 0.25) is 0 Å². The van der Waals surface area contributed by atoms with E-state index in [1.807, 2.05) is 13.0 Å². The number of rotatable bonds is 7. The molecule has 0 aliphatic heterocycles. The van der Waals surface area contributed by atoms with Gasteiger partial charge in [-0.3, -0.25) is 4.79 Å². The molecule has 1 saturated carbocycles. The SMILES string of the molecule is COc1cc(C)c(NC(=O)CO[C@@H]2C[C@@H](C)CC[C@H]2C(C)C)cc1OC. The fourth-order valence-electron chi connectivity index (χ4n) is 3.79. The summed E-state index contributed by atoms with van der Waals surface area (Å²) in [4.78, 5) is 12.4. The summed E-state index contributed by atoms with van der Waals surface area (Å²) < 4.78 is 16.6. The van der Waals surface area contributed by atoms with Gasteiger partial charge in [0, 0.05) is 11.8 Å². The molecule has 1 aromatic carbocycles. The van der Waals surface area contributed by atoms with Crippen LogP contribution in [-0.2, 0) is 9.53 Å². The minimum Gasteiger partial charge on any atom is -0.493 e. The molecule has 1 N–H and O–H groups in total. The van der Waals surface area contributed by atoms with Crippen LogP contribution in [0, 0.1) is 24.7 Å². The predicted molar refractivity (Wildman–Crippen MR) is 104 cm³/mol. The lowest BCUT2D eigenvalue weighted by molar-refractivity contribution is -0.126. The largest absolute Gasteiger partial charge is 0.493 e. The molecule has 1 aromatic rings. The van der Waals surface area contributed by atoms with Crippen LogP contribution in [0.4, 0.5) is 5.69 Å². The monoisotopic (exact) mass is 363 g/mol. The standard InChI is InChI=1S/C21H33NO4/c1-13(2)16-8-7-14(3)9-18(16)26-12-21(23)22-17-11-20(25-6)19(24-5)10-15(17)4/h10-11,13-14,16,18H,7-9,12H2,1-6H3,(H,22,23)/t14-,16-,18+/m0/s1. The maximum absolute atomic E-state index is 12.4. The van der Waals surface area contributed by atoms with Crippen LogP contribution in [-0.4, -0.2) is 32.8 Å². The van der Waals surface area contributed by atoms with Gasteiger partial charge >= 0.3 is 0 Å². The maximum Gasteiger partial charge on any atom is 0.250 e. The van der Waals surface area contributed by atoms with Crippen LogP contribution >= 0.6 is 0 Å². The normalized spacial score (nSPS) is 23.0. The van der Waals surface area contributed by atoms with Gasteiger partial charge in [0.2, 0.25) is 5.91 Å². The molecule has 1 fully saturated rings.